The van der Waals surface area contributed by atoms with Crippen molar-refractivity contribution in [2.24, 2.45) is 0 Å². The molecule has 9 heteroatoms. The summed E-state index contributed by atoms with van der Waals surface area (Å²) in [6.45, 7) is 3.96. The molecule has 1 N–H and O–H groups in total. The highest BCUT2D eigenvalue weighted by molar-refractivity contribution is 6.03. The van der Waals surface area contributed by atoms with Crippen LogP contribution in [0.4, 0.5) is 18.9 Å². The second kappa shape index (κ2) is 8.26. The van der Waals surface area contributed by atoms with E-state index in [0.29, 0.717) is 23.8 Å². The summed E-state index contributed by atoms with van der Waals surface area (Å²) in [5, 5.41) is 5.97. The molecule has 1 heterocycles. The zero-order chi connectivity index (χ0) is 21.0. The summed E-state index contributed by atoms with van der Waals surface area (Å²) < 4.78 is 55.2. The van der Waals surface area contributed by atoms with E-state index < -0.39 is 17.6 Å². The van der Waals surface area contributed by atoms with E-state index in [1.54, 1.807) is 31.2 Å². The number of alkyl halides is 3. The molecule has 0 spiro atoms. The number of aryl methyl sites for hydroxylation is 1. The van der Waals surface area contributed by atoms with Gasteiger partial charge >= 0.3 is 6.18 Å². The van der Waals surface area contributed by atoms with E-state index in [-0.39, 0.29) is 17.2 Å². The maximum Gasteiger partial charge on any atom is 0.416 e. The van der Waals surface area contributed by atoms with Gasteiger partial charge in [0.05, 0.1) is 23.6 Å². The van der Waals surface area contributed by atoms with Crippen LogP contribution in [0.3, 0.4) is 0 Å². The molecule has 6 nitrogen and oxygen atoms in total. The van der Waals surface area contributed by atoms with Gasteiger partial charge in [-0.05, 0) is 56.3 Å². The van der Waals surface area contributed by atoms with E-state index >= 15 is 0 Å². The Morgan fingerprint density at radius 3 is 2.38 bits per heavy atom. The van der Waals surface area contributed by atoms with Gasteiger partial charge in [-0.2, -0.15) is 13.2 Å². The number of halogens is 3. The third kappa shape index (κ3) is 5.07. The van der Waals surface area contributed by atoms with E-state index in [4.69, 9.17) is 14.0 Å². The normalized spacial score (nSPS) is 11.2. The molecule has 152 valence electrons. The van der Waals surface area contributed by atoms with E-state index in [1.807, 2.05) is 6.92 Å². The summed E-state index contributed by atoms with van der Waals surface area (Å²) in [6.07, 6.45) is -4.58. The summed E-state index contributed by atoms with van der Waals surface area (Å²) in [5.74, 6) is 0.140. The SMILES string of the molecule is CCOc1ccc(Oc2ccc(C(F)(F)F)cc2NC(=O)c2cc(C)no2)cc1. The molecule has 3 rings (SSSR count). The second-order valence-corrected chi connectivity index (χ2v) is 6.00. The minimum atomic E-state index is -4.58. The Kier molecular flexibility index (Phi) is 5.76. The Morgan fingerprint density at radius 2 is 1.79 bits per heavy atom. The zero-order valence-electron chi connectivity index (χ0n) is 15.5. The Labute approximate surface area is 164 Å². The highest BCUT2D eigenvalue weighted by Gasteiger charge is 2.31. The molecular formula is C20H17F3N2O4. The Hall–Kier alpha value is -3.49. The number of benzene rings is 2. The molecule has 2 aromatic carbocycles. The number of ether oxygens (including phenoxy) is 2. The molecule has 0 saturated carbocycles. The molecule has 0 unspecified atom stereocenters. The summed E-state index contributed by atoms with van der Waals surface area (Å²) in [4.78, 5) is 12.3. The first-order valence-corrected chi connectivity index (χ1v) is 8.63. The molecule has 3 aromatic rings. The molecule has 0 saturated heterocycles. The second-order valence-electron chi connectivity index (χ2n) is 6.00. The number of hydrogen-bond acceptors (Lipinski definition) is 5. The van der Waals surface area contributed by atoms with E-state index in [2.05, 4.69) is 10.5 Å². The highest BCUT2D eigenvalue weighted by Crippen LogP contribution is 2.37. The summed E-state index contributed by atoms with van der Waals surface area (Å²) >= 11 is 0. The molecular weight excluding hydrogens is 389 g/mol. The van der Waals surface area contributed by atoms with Crippen molar-refractivity contribution < 1.29 is 32.0 Å². The molecule has 1 amide bonds. The summed E-state index contributed by atoms with van der Waals surface area (Å²) in [5.41, 5.74) is -0.626. The molecule has 0 aliphatic heterocycles. The fourth-order valence-electron chi connectivity index (χ4n) is 2.45. The van der Waals surface area contributed by atoms with Gasteiger partial charge in [-0.3, -0.25) is 4.79 Å². The number of amides is 1. The van der Waals surface area contributed by atoms with E-state index in [9.17, 15) is 18.0 Å². The first-order chi connectivity index (χ1) is 13.8. The quantitative estimate of drug-likeness (QED) is 0.590. The lowest BCUT2D eigenvalue weighted by Gasteiger charge is -2.15. The van der Waals surface area contributed by atoms with Crippen LogP contribution in [0.5, 0.6) is 17.2 Å². The van der Waals surface area contributed by atoms with Gasteiger partial charge in [-0.15, -0.1) is 0 Å². The molecule has 0 fully saturated rings. The highest BCUT2D eigenvalue weighted by atomic mass is 19.4. The third-order valence-electron chi connectivity index (χ3n) is 3.77. The molecule has 0 aliphatic carbocycles. The van der Waals surface area contributed by atoms with Gasteiger partial charge in [0.15, 0.2) is 5.75 Å². The van der Waals surface area contributed by atoms with Gasteiger partial charge in [-0.25, -0.2) is 0 Å². The van der Waals surface area contributed by atoms with Crippen LogP contribution < -0.4 is 14.8 Å². The summed E-state index contributed by atoms with van der Waals surface area (Å²) in [6, 6.07) is 10.7. The van der Waals surface area contributed by atoms with Crippen LogP contribution in [-0.4, -0.2) is 17.7 Å². The van der Waals surface area contributed by atoms with Crippen molar-refractivity contribution in [1.29, 1.82) is 0 Å². The predicted octanol–water partition coefficient (Wildman–Crippen LogP) is 5.45. The van der Waals surface area contributed by atoms with Crippen LogP contribution in [0.1, 0.15) is 28.7 Å². The monoisotopic (exact) mass is 406 g/mol. The zero-order valence-corrected chi connectivity index (χ0v) is 15.5. The lowest BCUT2D eigenvalue weighted by Crippen LogP contribution is -2.13. The van der Waals surface area contributed by atoms with Gasteiger partial charge in [0.2, 0.25) is 5.76 Å². The molecule has 29 heavy (non-hydrogen) atoms. The van der Waals surface area contributed by atoms with Gasteiger partial charge in [0.1, 0.15) is 11.5 Å². The molecule has 1 aromatic heterocycles. The maximum absolute atomic E-state index is 13.1. The lowest BCUT2D eigenvalue weighted by molar-refractivity contribution is -0.137. The van der Waals surface area contributed by atoms with Crippen molar-refractivity contribution in [3.8, 4) is 17.2 Å². The van der Waals surface area contributed by atoms with Crippen molar-refractivity contribution in [1.82, 2.24) is 5.16 Å². The number of hydrogen-bond donors (Lipinski definition) is 1. The van der Waals surface area contributed by atoms with Crippen LogP contribution in [0.15, 0.2) is 53.1 Å². The summed E-state index contributed by atoms with van der Waals surface area (Å²) in [7, 11) is 0. The van der Waals surface area contributed by atoms with E-state index in [0.717, 1.165) is 18.2 Å². The molecule has 0 aliphatic rings. The van der Waals surface area contributed by atoms with Gasteiger partial charge in [0.25, 0.3) is 5.91 Å². The lowest BCUT2D eigenvalue weighted by atomic mass is 10.1. The topological polar surface area (TPSA) is 73.6 Å². The average Bonchev–Trinajstić information content (AvgIpc) is 3.10. The number of aromatic nitrogens is 1. The fraction of sp³-hybridized carbons (Fsp3) is 0.200. The first kappa shape index (κ1) is 20.2. The Bertz CT molecular complexity index is 998. The predicted molar refractivity (Wildman–Crippen MR) is 98.3 cm³/mol. The van der Waals surface area contributed by atoms with Crippen LogP contribution >= 0.6 is 0 Å². The Balaban J connectivity index is 1.89. The van der Waals surface area contributed by atoms with Gasteiger partial charge < -0.3 is 19.3 Å². The van der Waals surface area contributed by atoms with Gasteiger partial charge in [-0.1, -0.05) is 5.16 Å². The third-order valence-corrected chi connectivity index (χ3v) is 3.77. The van der Waals surface area contributed by atoms with Crippen LogP contribution in [0.2, 0.25) is 0 Å². The minimum Gasteiger partial charge on any atom is -0.494 e. The first-order valence-electron chi connectivity index (χ1n) is 8.63. The number of carbonyl (C=O) groups excluding carboxylic acids is 1. The number of nitrogens with zero attached hydrogens (tertiary/aromatic N) is 1. The maximum atomic E-state index is 13.1. The van der Waals surface area contributed by atoms with Gasteiger partial charge in [0, 0.05) is 6.07 Å². The largest absolute Gasteiger partial charge is 0.494 e. The molecule has 0 bridgehead atoms. The van der Waals surface area contributed by atoms with E-state index in [1.165, 1.54) is 6.07 Å². The van der Waals surface area contributed by atoms with Crippen molar-refractivity contribution >= 4 is 11.6 Å². The van der Waals surface area contributed by atoms with Crippen LogP contribution in [-0.2, 0) is 6.18 Å². The van der Waals surface area contributed by atoms with Crippen LogP contribution in [0.25, 0.3) is 0 Å². The smallest absolute Gasteiger partial charge is 0.416 e. The number of nitrogens with one attached hydrogen (secondary N) is 1. The number of anilines is 1. The standard InChI is InChI=1S/C20H17F3N2O4/c1-3-27-14-5-7-15(8-6-14)28-17-9-4-13(20(21,22)23)11-16(17)24-19(26)18-10-12(2)25-29-18/h4-11H,3H2,1-2H3,(H,24,26). The average molecular weight is 406 g/mol. The van der Waals surface area contributed by atoms with Crippen molar-refractivity contribution in [3.63, 3.8) is 0 Å². The molecule has 0 atom stereocenters. The molecule has 0 radical (unpaired) electrons. The number of carbonyl (C=O) groups is 1. The minimum absolute atomic E-state index is 0.0340. The van der Waals surface area contributed by atoms with Crippen molar-refractivity contribution in [2.75, 3.05) is 11.9 Å². The van der Waals surface area contributed by atoms with Crippen LogP contribution in [0, 0.1) is 6.92 Å². The Morgan fingerprint density at radius 1 is 1.10 bits per heavy atom. The van der Waals surface area contributed by atoms with Crippen molar-refractivity contribution in [3.05, 3.63) is 65.5 Å². The fourth-order valence-corrected chi connectivity index (χ4v) is 2.45. The van der Waals surface area contributed by atoms with Crippen molar-refractivity contribution in [2.45, 2.75) is 20.0 Å². The number of rotatable bonds is 6.